The molecular weight excluding hydrogens is 188 g/mol. The number of halogens is 1. The van der Waals surface area contributed by atoms with Gasteiger partial charge in [0.15, 0.2) is 9.76 Å². The second-order valence-electron chi connectivity index (χ2n) is 4.18. The zero-order valence-corrected chi connectivity index (χ0v) is 11.0. The van der Waals surface area contributed by atoms with E-state index in [1.54, 1.807) is 0 Å². The Hall–Kier alpha value is 0.467. The molecule has 0 bridgehead atoms. The maximum atomic E-state index is 6.12. The van der Waals surface area contributed by atoms with Crippen LogP contribution in [0, 0.1) is 5.92 Å². The summed E-state index contributed by atoms with van der Waals surface area (Å²) in [5, 5.41) is 0.274. The van der Waals surface area contributed by atoms with Gasteiger partial charge in [0.05, 0.1) is 0 Å². The van der Waals surface area contributed by atoms with E-state index < -0.39 is 9.76 Å². The average molecular weight is 209 g/mol. The van der Waals surface area contributed by atoms with Crippen LogP contribution in [-0.2, 0) is 4.43 Å². The van der Waals surface area contributed by atoms with Crippen molar-refractivity contribution in [1.82, 2.24) is 0 Å². The molecule has 74 valence electrons. The lowest BCUT2D eigenvalue weighted by molar-refractivity contribution is 0.109. The molecule has 0 amide bonds. The minimum Gasteiger partial charge on any atom is -0.418 e. The van der Waals surface area contributed by atoms with E-state index in [-0.39, 0.29) is 10.6 Å². The first-order valence-corrected chi connectivity index (χ1v) is 6.50. The van der Waals surface area contributed by atoms with E-state index in [1.807, 2.05) is 0 Å². The summed E-state index contributed by atoms with van der Waals surface area (Å²) < 4.78 is 5.81. The third-order valence-electron chi connectivity index (χ3n) is 2.21. The Bertz CT molecular complexity index is 126. The summed E-state index contributed by atoms with van der Waals surface area (Å²) in [6.07, 6.45) is 1.06. The smallest absolute Gasteiger partial charge is 0.180 e. The van der Waals surface area contributed by atoms with Crippen molar-refractivity contribution in [3.05, 3.63) is 0 Å². The summed E-state index contributed by atoms with van der Waals surface area (Å²) in [4.78, 5) is 0. The molecule has 0 aromatic rings. The summed E-state index contributed by atoms with van der Waals surface area (Å²) >= 11 is 6.12. The van der Waals surface area contributed by atoms with Crippen molar-refractivity contribution >= 4 is 21.4 Å². The molecule has 1 atom stereocenters. The van der Waals surface area contributed by atoms with E-state index in [1.165, 1.54) is 0 Å². The molecule has 0 radical (unpaired) electrons. The molecule has 0 saturated carbocycles. The van der Waals surface area contributed by atoms with Crippen molar-refractivity contribution in [3.8, 4) is 0 Å². The van der Waals surface area contributed by atoms with E-state index in [9.17, 15) is 0 Å². The van der Waals surface area contributed by atoms with Crippen LogP contribution in [0.5, 0.6) is 0 Å². The summed E-state index contributed by atoms with van der Waals surface area (Å²) in [5.74, 6) is 0.547. The average Bonchev–Trinajstić information content (AvgIpc) is 2.00. The van der Waals surface area contributed by atoms with Crippen molar-refractivity contribution in [2.75, 3.05) is 0 Å². The Kier molecular flexibility index (Phi) is 5.46. The van der Waals surface area contributed by atoms with Gasteiger partial charge in [-0.15, -0.1) is 11.6 Å². The molecule has 0 spiro atoms. The van der Waals surface area contributed by atoms with Gasteiger partial charge in [0.1, 0.15) is 0 Å². The van der Waals surface area contributed by atoms with Gasteiger partial charge in [-0.05, 0) is 26.2 Å². The van der Waals surface area contributed by atoms with Crippen LogP contribution in [0.3, 0.4) is 0 Å². The quantitative estimate of drug-likeness (QED) is 0.499. The van der Waals surface area contributed by atoms with Crippen LogP contribution in [0.2, 0.25) is 0 Å². The molecule has 0 aliphatic rings. The Morgan fingerprint density at radius 1 is 1.42 bits per heavy atom. The lowest BCUT2D eigenvalue weighted by Gasteiger charge is -2.26. The molecular formula is C9H21ClOSi. The maximum Gasteiger partial charge on any atom is 0.180 e. The van der Waals surface area contributed by atoms with Crippen LogP contribution in [0.1, 0.15) is 41.0 Å². The first kappa shape index (κ1) is 12.5. The van der Waals surface area contributed by atoms with Crippen LogP contribution >= 0.6 is 11.6 Å². The first-order valence-electron chi connectivity index (χ1n) is 4.67. The van der Waals surface area contributed by atoms with Crippen molar-refractivity contribution in [3.63, 3.8) is 0 Å². The highest BCUT2D eigenvalue weighted by Crippen LogP contribution is 2.16. The zero-order valence-electron chi connectivity index (χ0n) is 8.86. The highest BCUT2D eigenvalue weighted by atomic mass is 35.5. The van der Waals surface area contributed by atoms with Crippen molar-refractivity contribution in [2.45, 2.75) is 51.6 Å². The molecule has 0 fully saturated rings. The molecule has 0 aliphatic carbocycles. The molecule has 1 nitrogen and oxygen atoms in total. The monoisotopic (exact) mass is 208 g/mol. The number of hydrogen-bond donors (Lipinski definition) is 0. The number of hydrogen-bond acceptors (Lipinski definition) is 1. The Morgan fingerprint density at radius 3 is 2.25 bits per heavy atom. The lowest BCUT2D eigenvalue weighted by Crippen LogP contribution is -2.31. The predicted molar refractivity (Wildman–Crippen MR) is 58.5 cm³/mol. The highest BCUT2D eigenvalue weighted by Gasteiger charge is 2.19. The molecule has 0 aromatic heterocycles. The minimum absolute atomic E-state index is 0.0360. The van der Waals surface area contributed by atoms with Gasteiger partial charge in [0, 0.05) is 10.6 Å². The van der Waals surface area contributed by atoms with Gasteiger partial charge in [0.2, 0.25) is 0 Å². The molecule has 0 saturated heterocycles. The second-order valence-corrected chi connectivity index (χ2v) is 6.76. The van der Waals surface area contributed by atoms with E-state index in [4.69, 9.17) is 16.0 Å². The molecule has 0 N–H and O–H groups in total. The molecule has 0 rings (SSSR count). The van der Waals surface area contributed by atoms with Gasteiger partial charge in [-0.25, -0.2) is 0 Å². The standard InChI is InChI=1S/C9H21ClOSi/c1-6-9(4,5)11-12-8(10)7(2)3/h7-8H,6,12H2,1-5H3. The van der Waals surface area contributed by atoms with Gasteiger partial charge in [-0.1, -0.05) is 20.8 Å². The van der Waals surface area contributed by atoms with Crippen molar-refractivity contribution in [1.29, 1.82) is 0 Å². The lowest BCUT2D eigenvalue weighted by atomic mass is 10.1. The van der Waals surface area contributed by atoms with Crippen LogP contribution < -0.4 is 0 Å². The fourth-order valence-electron chi connectivity index (χ4n) is 0.600. The Balaban J connectivity index is 3.67. The van der Waals surface area contributed by atoms with E-state index >= 15 is 0 Å². The largest absolute Gasteiger partial charge is 0.418 e. The van der Waals surface area contributed by atoms with Crippen LogP contribution in [0.15, 0.2) is 0 Å². The van der Waals surface area contributed by atoms with Crippen LogP contribution in [0.4, 0.5) is 0 Å². The summed E-state index contributed by atoms with van der Waals surface area (Å²) in [6.45, 7) is 10.7. The summed E-state index contributed by atoms with van der Waals surface area (Å²) in [6, 6.07) is 0. The topological polar surface area (TPSA) is 9.23 Å². The van der Waals surface area contributed by atoms with Gasteiger partial charge >= 0.3 is 0 Å². The Morgan fingerprint density at radius 2 is 1.92 bits per heavy atom. The minimum atomic E-state index is -0.562. The normalized spacial score (nSPS) is 16.2. The number of alkyl halides is 1. The molecule has 0 heterocycles. The fourth-order valence-corrected chi connectivity index (χ4v) is 1.99. The maximum absolute atomic E-state index is 6.12. The summed E-state index contributed by atoms with van der Waals surface area (Å²) in [5.41, 5.74) is 0.0360. The van der Waals surface area contributed by atoms with Gasteiger partial charge in [-0.2, -0.15) is 0 Å². The molecule has 0 aliphatic heterocycles. The fraction of sp³-hybridized carbons (Fsp3) is 1.00. The zero-order chi connectivity index (χ0) is 9.78. The second kappa shape index (κ2) is 5.25. The Labute approximate surface area is 83.8 Å². The van der Waals surface area contributed by atoms with E-state index in [0.717, 1.165) is 6.42 Å². The molecule has 0 aromatic carbocycles. The molecule has 12 heavy (non-hydrogen) atoms. The van der Waals surface area contributed by atoms with Gasteiger partial charge in [-0.3, -0.25) is 0 Å². The van der Waals surface area contributed by atoms with Crippen LogP contribution in [-0.4, -0.2) is 20.4 Å². The number of rotatable bonds is 5. The van der Waals surface area contributed by atoms with E-state index in [0.29, 0.717) is 5.92 Å². The predicted octanol–water partition coefficient (Wildman–Crippen LogP) is 2.50. The third kappa shape index (κ3) is 5.17. The van der Waals surface area contributed by atoms with Crippen molar-refractivity contribution < 1.29 is 4.43 Å². The van der Waals surface area contributed by atoms with Gasteiger partial charge < -0.3 is 4.43 Å². The SMILES string of the molecule is CCC(C)(C)O[SiH2]C(Cl)C(C)C. The summed E-state index contributed by atoms with van der Waals surface area (Å²) in [7, 11) is -0.562. The third-order valence-corrected chi connectivity index (χ3v) is 5.30. The van der Waals surface area contributed by atoms with Gasteiger partial charge in [0.25, 0.3) is 0 Å². The van der Waals surface area contributed by atoms with E-state index in [2.05, 4.69) is 34.6 Å². The van der Waals surface area contributed by atoms with Crippen LogP contribution in [0.25, 0.3) is 0 Å². The first-order chi connectivity index (χ1) is 5.39. The molecule has 1 unspecified atom stereocenters. The highest BCUT2D eigenvalue weighted by molar-refractivity contribution is 6.48. The van der Waals surface area contributed by atoms with Crippen molar-refractivity contribution in [2.24, 2.45) is 5.92 Å². The molecule has 3 heteroatoms.